The predicted octanol–water partition coefficient (Wildman–Crippen LogP) is 3.40. The number of alkyl halides is 3. The first-order chi connectivity index (χ1) is 7.73. The van der Waals surface area contributed by atoms with E-state index in [1.54, 1.807) is 0 Å². The number of benzene rings is 1. The fourth-order valence-electron chi connectivity index (χ4n) is 1.03. The van der Waals surface area contributed by atoms with Crippen molar-refractivity contribution in [1.29, 1.82) is 0 Å². The maximum Gasteiger partial charge on any atom is 0.416 e. The minimum Gasteiger partial charge on any atom is -0.476 e. The summed E-state index contributed by atoms with van der Waals surface area (Å²) in [5, 5.41) is 8.14. The fraction of sp³-hybridized carbons (Fsp3) is 0.100. The van der Waals surface area contributed by atoms with Crippen molar-refractivity contribution in [1.82, 2.24) is 0 Å². The second-order valence-corrected chi connectivity index (χ2v) is 3.01. The third-order valence-corrected chi connectivity index (χ3v) is 1.85. The van der Waals surface area contributed by atoms with Crippen molar-refractivity contribution >= 4 is 11.8 Å². The summed E-state index contributed by atoms with van der Waals surface area (Å²) < 4.78 is 62.1. The van der Waals surface area contributed by atoms with E-state index in [1.807, 2.05) is 0 Å². The average Bonchev–Trinajstić information content (AvgIpc) is 2.26. The van der Waals surface area contributed by atoms with E-state index >= 15 is 0 Å². The normalized spacial score (nSPS) is 13.2. The monoisotopic (exact) mass is 252 g/mol. The second kappa shape index (κ2) is 4.52. The molecular weight excluding hydrogens is 247 g/mol. The van der Waals surface area contributed by atoms with Gasteiger partial charge in [-0.2, -0.15) is 17.6 Å². The summed E-state index contributed by atoms with van der Waals surface area (Å²) in [7, 11) is 0. The number of carboxylic acids is 1. The highest BCUT2D eigenvalue weighted by Crippen LogP contribution is 2.30. The lowest BCUT2D eigenvalue weighted by atomic mass is 10.1. The van der Waals surface area contributed by atoms with Crippen molar-refractivity contribution in [2.45, 2.75) is 6.18 Å². The lowest BCUT2D eigenvalue weighted by Gasteiger charge is -2.06. The molecule has 0 atom stereocenters. The Kier molecular flexibility index (Phi) is 3.50. The van der Waals surface area contributed by atoms with E-state index in [-0.39, 0.29) is 0 Å². The third-order valence-electron chi connectivity index (χ3n) is 1.85. The van der Waals surface area contributed by atoms with Gasteiger partial charge in [-0.25, -0.2) is 9.18 Å². The zero-order chi connectivity index (χ0) is 13.2. The number of aliphatic carboxylic acids is 1. The number of carboxylic acid groups (broad SMARTS) is 1. The van der Waals surface area contributed by atoms with Crippen LogP contribution in [0.3, 0.4) is 0 Å². The highest BCUT2D eigenvalue weighted by atomic mass is 19.4. The van der Waals surface area contributed by atoms with Crippen molar-refractivity contribution in [3.8, 4) is 0 Å². The van der Waals surface area contributed by atoms with Gasteiger partial charge in [-0.05, 0) is 12.1 Å². The van der Waals surface area contributed by atoms with Crippen LogP contribution in [0.5, 0.6) is 0 Å². The van der Waals surface area contributed by atoms with E-state index in [4.69, 9.17) is 5.11 Å². The van der Waals surface area contributed by atoms with E-state index in [0.717, 1.165) is 0 Å². The molecule has 0 heterocycles. The molecule has 0 spiro atoms. The van der Waals surface area contributed by atoms with Gasteiger partial charge in [-0.3, -0.25) is 0 Å². The highest BCUT2D eigenvalue weighted by molar-refractivity contribution is 5.92. The molecule has 0 aromatic heterocycles. The molecule has 1 aromatic carbocycles. The van der Waals surface area contributed by atoms with Gasteiger partial charge in [-0.1, -0.05) is 12.1 Å². The lowest BCUT2D eigenvalue weighted by molar-refractivity contribution is -0.137. The molecule has 0 amide bonds. The molecule has 0 radical (unpaired) electrons. The summed E-state index contributed by atoms with van der Waals surface area (Å²) in [6, 6.07) is 2.37. The highest BCUT2D eigenvalue weighted by Gasteiger charge is 2.30. The maximum atomic E-state index is 13.1. The maximum absolute atomic E-state index is 13.1. The Morgan fingerprint density at radius 2 is 1.53 bits per heavy atom. The summed E-state index contributed by atoms with van der Waals surface area (Å²) in [6.07, 6.45) is -4.59. The van der Waals surface area contributed by atoms with E-state index < -0.39 is 34.9 Å². The smallest absolute Gasteiger partial charge is 0.416 e. The van der Waals surface area contributed by atoms with Crippen LogP contribution in [0.25, 0.3) is 5.83 Å². The molecule has 1 rings (SSSR count). The van der Waals surface area contributed by atoms with Gasteiger partial charge >= 0.3 is 12.1 Å². The molecule has 0 aliphatic rings. The first-order valence-electron chi connectivity index (χ1n) is 4.19. The van der Waals surface area contributed by atoms with E-state index in [1.165, 1.54) is 0 Å². The number of hydrogen-bond donors (Lipinski definition) is 1. The van der Waals surface area contributed by atoms with Crippen molar-refractivity contribution in [2.75, 3.05) is 0 Å². The first kappa shape index (κ1) is 13.1. The third kappa shape index (κ3) is 3.02. The number of hydrogen-bond acceptors (Lipinski definition) is 1. The topological polar surface area (TPSA) is 37.3 Å². The van der Waals surface area contributed by atoms with Gasteiger partial charge in [0, 0.05) is 5.56 Å². The van der Waals surface area contributed by atoms with Crippen LogP contribution in [-0.4, -0.2) is 11.1 Å². The Morgan fingerprint density at radius 1 is 1.06 bits per heavy atom. The van der Waals surface area contributed by atoms with Crippen LogP contribution in [0.15, 0.2) is 30.1 Å². The molecule has 0 saturated carbocycles. The van der Waals surface area contributed by atoms with Gasteiger partial charge in [0.2, 0.25) is 5.83 Å². The van der Waals surface area contributed by atoms with Gasteiger partial charge in [0.1, 0.15) is 0 Å². The Balaban J connectivity index is 3.12. The minimum absolute atomic E-state index is 0.532. The molecule has 0 saturated heterocycles. The summed E-state index contributed by atoms with van der Waals surface area (Å²) >= 11 is 0. The summed E-state index contributed by atoms with van der Waals surface area (Å²) in [4.78, 5) is 10.1. The van der Waals surface area contributed by atoms with Crippen molar-refractivity contribution < 1.29 is 31.9 Å². The molecule has 92 valence electrons. The van der Waals surface area contributed by atoms with Crippen LogP contribution in [0.1, 0.15) is 11.1 Å². The minimum atomic E-state index is -4.59. The largest absolute Gasteiger partial charge is 0.476 e. The lowest BCUT2D eigenvalue weighted by Crippen LogP contribution is -2.04. The standard InChI is InChI=1S/C10H5F5O2/c11-7(8(12)9(16)17)5-1-3-6(4-2-5)10(13,14)15/h1-4H,(H,16,17). The molecule has 0 bridgehead atoms. The molecule has 0 aliphatic heterocycles. The molecule has 7 heteroatoms. The van der Waals surface area contributed by atoms with Crippen LogP contribution < -0.4 is 0 Å². The Morgan fingerprint density at radius 3 is 1.88 bits per heavy atom. The fourth-order valence-corrected chi connectivity index (χ4v) is 1.03. The van der Waals surface area contributed by atoms with Crippen molar-refractivity contribution in [2.24, 2.45) is 0 Å². The van der Waals surface area contributed by atoms with Crippen LogP contribution in [0, 0.1) is 0 Å². The van der Waals surface area contributed by atoms with Crippen molar-refractivity contribution in [3.05, 3.63) is 41.2 Å². The van der Waals surface area contributed by atoms with Crippen molar-refractivity contribution in [3.63, 3.8) is 0 Å². The predicted molar refractivity (Wildman–Crippen MR) is 48.2 cm³/mol. The number of halogens is 5. The molecule has 0 aliphatic carbocycles. The van der Waals surface area contributed by atoms with E-state index in [2.05, 4.69) is 0 Å². The zero-order valence-electron chi connectivity index (χ0n) is 8.05. The SMILES string of the molecule is O=C(O)C(F)=C(F)c1ccc(C(F)(F)F)cc1. The molecule has 1 N–H and O–H groups in total. The zero-order valence-corrected chi connectivity index (χ0v) is 8.05. The van der Waals surface area contributed by atoms with Crippen LogP contribution in [-0.2, 0) is 11.0 Å². The van der Waals surface area contributed by atoms with E-state index in [0.29, 0.717) is 24.3 Å². The Labute approximate surface area is 92.0 Å². The molecule has 0 fully saturated rings. The number of carbonyl (C=O) groups is 1. The van der Waals surface area contributed by atoms with E-state index in [9.17, 15) is 26.7 Å². The number of rotatable bonds is 2. The molecule has 17 heavy (non-hydrogen) atoms. The Bertz CT molecular complexity index is 459. The summed E-state index contributed by atoms with van der Waals surface area (Å²) in [6.45, 7) is 0. The summed E-state index contributed by atoms with van der Waals surface area (Å²) in [5.74, 6) is -5.89. The summed E-state index contributed by atoms with van der Waals surface area (Å²) in [5.41, 5.74) is -1.61. The quantitative estimate of drug-likeness (QED) is 0.647. The van der Waals surface area contributed by atoms with Gasteiger partial charge < -0.3 is 5.11 Å². The van der Waals surface area contributed by atoms with Crippen LogP contribution in [0.4, 0.5) is 22.0 Å². The van der Waals surface area contributed by atoms with Crippen LogP contribution >= 0.6 is 0 Å². The molecular formula is C10H5F5O2. The van der Waals surface area contributed by atoms with Gasteiger partial charge in [0.05, 0.1) is 5.56 Å². The second-order valence-electron chi connectivity index (χ2n) is 3.01. The van der Waals surface area contributed by atoms with Crippen LogP contribution in [0.2, 0.25) is 0 Å². The molecule has 1 aromatic rings. The van der Waals surface area contributed by atoms with Gasteiger partial charge in [0.25, 0.3) is 0 Å². The van der Waals surface area contributed by atoms with Gasteiger partial charge in [0.15, 0.2) is 5.83 Å². The Hall–Kier alpha value is -1.92. The first-order valence-corrected chi connectivity index (χ1v) is 4.19. The molecule has 2 nitrogen and oxygen atoms in total. The van der Waals surface area contributed by atoms with Gasteiger partial charge in [-0.15, -0.1) is 0 Å². The average molecular weight is 252 g/mol. The molecule has 0 unspecified atom stereocenters.